The van der Waals surface area contributed by atoms with Crippen molar-refractivity contribution in [2.75, 3.05) is 13.1 Å². The molecule has 0 saturated carbocycles. The highest BCUT2D eigenvalue weighted by Gasteiger charge is 2.29. The van der Waals surface area contributed by atoms with Crippen LogP contribution in [0.3, 0.4) is 0 Å². The second-order valence-corrected chi connectivity index (χ2v) is 4.72. The van der Waals surface area contributed by atoms with Gasteiger partial charge in [-0.1, -0.05) is 6.92 Å². The molecule has 1 saturated heterocycles. The van der Waals surface area contributed by atoms with Crippen molar-refractivity contribution in [1.29, 1.82) is 0 Å². The van der Waals surface area contributed by atoms with E-state index in [-0.39, 0.29) is 17.7 Å². The summed E-state index contributed by atoms with van der Waals surface area (Å²) in [6, 6.07) is 1.55. The molecular formula is C13H18N2O4. The zero-order chi connectivity index (χ0) is 14.0. The molecule has 6 heteroatoms. The van der Waals surface area contributed by atoms with Crippen LogP contribution in [0.15, 0.2) is 10.5 Å². The predicted molar refractivity (Wildman–Crippen MR) is 67.9 cm³/mol. The molecule has 1 unspecified atom stereocenters. The molecule has 1 aromatic heterocycles. The number of piperazine rings is 1. The van der Waals surface area contributed by atoms with Gasteiger partial charge >= 0.3 is 5.97 Å². The van der Waals surface area contributed by atoms with Gasteiger partial charge in [-0.05, 0) is 19.4 Å². The Morgan fingerprint density at radius 2 is 2.37 bits per heavy atom. The Morgan fingerprint density at radius 3 is 2.95 bits per heavy atom. The predicted octanol–water partition coefficient (Wildman–Crippen LogP) is 0.997. The number of nitrogens with zero attached hydrogens (tertiary/aromatic N) is 1. The smallest absolute Gasteiger partial charge is 0.372 e. The summed E-state index contributed by atoms with van der Waals surface area (Å²) in [5.41, 5.74) is 0.608. The average Bonchev–Trinajstić information content (AvgIpc) is 2.71. The molecule has 0 aliphatic carbocycles. The number of aryl methyl sites for hydroxylation is 1. The maximum Gasteiger partial charge on any atom is 0.372 e. The van der Waals surface area contributed by atoms with E-state index in [4.69, 9.17) is 9.52 Å². The van der Waals surface area contributed by atoms with Crippen molar-refractivity contribution in [2.24, 2.45) is 0 Å². The highest BCUT2D eigenvalue weighted by atomic mass is 16.4. The van der Waals surface area contributed by atoms with Crippen LogP contribution >= 0.6 is 0 Å². The first-order valence-corrected chi connectivity index (χ1v) is 6.37. The monoisotopic (exact) mass is 266 g/mol. The summed E-state index contributed by atoms with van der Waals surface area (Å²) in [5, 5.41) is 11.8. The maximum absolute atomic E-state index is 11.7. The molecule has 6 nitrogen and oxygen atoms in total. The Hall–Kier alpha value is -1.82. The zero-order valence-electron chi connectivity index (χ0n) is 11.1. The summed E-state index contributed by atoms with van der Waals surface area (Å²) >= 11 is 0. The normalized spacial score (nSPS) is 20.3. The van der Waals surface area contributed by atoms with Gasteiger partial charge in [-0.15, -0.1) is 0 Å². The topological polar surface area (TPSA) is 82.8 Å². The highest BCUT2D eigenvalue weighted by Crippen LogP contribution is 2.19. The zero-order valence-corrected chi connectivity index (χ0v) is 11.1. The third-order valence-electron chi connectivity index (χ3n) is 3.35. The van der Waals surface area contributed by atoms with Crippen molar-refractivity contribution in [3.05, 3.63) is 23.2 Å². The van der Waals surface area contributed by atoms with E-state index in [9.17, 15) is 9.59 Å². The summed E-state index contributed by atoms with van der Waals surface area (Å²) in [6.07, 6.45) is 0.720. The molecule has 104 valence electrons. The van der Waals surface area contributed by atoms with Crippen LogP contribution in [0.2, 0.25) is 0 Å². The summed E-state index contributed by atoms with van der Waals surface area (Å²) in [7, 11) is 0. The van der Waals surface area contributed by atoms with Crippen LogP contribution in [0.1, 0.15) is 35.2 Å². The summed E-state index contributed by atoms with van der Waals surface area (Å²) < 4.78 is 5.33. The third-order valence-corrected chi connectivity index (χ3v) is 3.35. The molecule has 0 bridgehead atoms. The van der Waals surface area contributed by atoms with E-state index >= 15 is 0 Å². The van der Waals surface area contributed by atoms with Crippen LogP contribution < -0.4 is 5.32 Å². The van der Waals surface area contributed by atoms with Gasteiger partial charge in [-0.2, -0.15) is 0 Å². The van der Waals surface area contributed by atoms with E-state index in [1.165, 1.54) is 0 Å². The highest BCUT2D eigenvalue weighted by molar-refractivity contribution is 5.86. The largest absolute Gasteiger partial charge is 0.475 e. The average molecular weight is 266 g/mol. The SMILES string of the molecule is CCC1C(=O)NCCN1Cc1cc(C)c(C(=O)O)o1. The van der Waals surface area contributed by atoms with Gasteiger partial charge in [0.1, 0.15) is 5.76 Å². The molecule has 2 heterocycles. The Morgan fingerprint density at radius 1 is 1.63 bits per heavy atom. The first-order chi connectivity index (χ1) is 9.02. The lowest BCUT2D eigenvalue weighted by molar-refractivity contribution is -0.129. The molecule has 1 amide bonds. The van der Waals surface area contributed by atoms with Crippen molar-refractivity contribution in [3.63, 3.8) is 0 Å². The quantitative estimate of drug-likeness (QED) is 0.849. The number of carboxylic acids is 1. The van der Waals surface area contributed by atoms with Gasteiger partial charge in [0.25, 0.3) is 0 Å². The van der Waals surface area contributed by atoms with Crippen molar-refractivity contribution in [1.82, 2.24) is 10.2 Å². The molecule has 1 aromatic rings. The minimum atomic E-state index is -1.06. The molecule has 19 heavy (non-hydrogen) atoms. The van der Waals surface area contributed by atoms with Crippen molar-refractivity contribution in [2.45, 2.75) is 32.9 Å². The summed E-state index contributed by atoms with van der Waals surface area (Å²) in [5.74, 6) is -0.477. The number of rotatable bonds is 4. The number of carbonyl (C=O) groups excluding carboxylic acids is 1. The molecule has 1 aliphatic heterocycles. The number of carbonyl (C=O) groups is 2. The molecule has 0 aromatic carbocycles. The number of carboxylic acid groups (broad SMARTS) is 1. The number of hydrogen-bond donors (Lipinski definition) is 2. The fourth-order valence-electron chi connectivity index (χ4n) is 2.43. The maximum atomic E-state index is 11.7. The van der Waals surface area contributed by atoms with E-state index in [2.05, 4.69) is 5.32 Å². The first-order valence-electron chi connectivity index (χ1n) is 6.37. The van der Waals surface area contributed by atoms with Gasteiger partial charge in [0.15, 0.2) is 0 Å². The molecule has 2 N–H and O–H groups in total. The van der Waals surface area contributed by atoms with Crippen molar-refractivity contribution in [3.8, 4) is 0 Å². The molecule has 1 fully saturated rings. The van der Waals surface area contributed by atoms with Gasteiger partial charge in [0.2, 0.25) is 11.7 Å². The lowest BCUT2D eigenvalue weighted by Crippen LogP contribution is -2.54. The van der Waals surface area contributed by atoms with Gasteiger partial charge in [0.05, 0.1) is 12.6 Å². The van der Waals surface area contributed by atoms with E-state index in [0.29, 0.717) is 24.4 Å². The second-order valence-electron chi connectivity index (χ2n) is 4.72. The number of amides is 1. The van der Waals surface area contributed by atoms with Gasteiger partial charge in [0, 0.05) is 18.7 Å². The molecule has 1 aliphatic rings. The van der Waals surface area contributed by atoms with E-state index in [1.54, 1.807) is 13.0 Å². The molecule has 2 rings (SSSR count). The second kappa shape index (κ2) is 5.44. The van der Waals surface area contributed by atoms with Gasteiger partial charge in [-0.3, -0.25) is 9.69 Å². The van der Waals surface area contributed by atoms with Gasteiger partial charge < -0.3 is 14.8 Å². The Balaban J connectivity index is 2.13. The number of aromatic carboxylic acids is 1. The van der Waals surface area contributed by atoms with Crippen molar-refractivity contribution >= 4 is 11.9 Å². The molecular weight excluding hydrogens is 248 g/mol. The van der Waals surface area contributed by atoms with E-state index < -0.39 is 5.97 Å². The fraction of sp³-hybridized carbons (Fsp3) is 0.538. The van der Waals surface area contributed by atoms with Crippen molar-refractivity contribution < 1.29 is 19.1 Å². The Labute approximate surface area is 111 Å². The molecule has 0 spiro atoms. The lowest BCUT2D eigenvalue weighted by Gasteiger charge is -2.33. The van der Waals surface area contributed by atoms with Crippen LogP contribution in [0.4, 0.5) is 0 Å². The van der Waals surface area contributed by atoms with Crippen LogP contribution in [-0.2, 0) is 11.3 Å². The number of nitrogens with one attached hydrogen (secondary N) is 1. The minimum Gasteiger partial charge on any atom is -0.475 e. The van der Waals surface area contributed by atoms with Crippen LogP contribution in [-0.4, -0.2) is 41.0 Å². The number of hydrogen-bond acceptors (Lipinski definition) is 4. The van der Waals surface area contributed by atoms with Crippen LogP contribution in [0.25, 0.3) is 0 Å². The Kier molecular flexibility index (Phi) is 3.90. The standard InChI is InChI=1S/C13H18N2O4/c1-3-10-12(16)14-4-5-15(10)7-9-6-8(2)11(19-9)13(17)18/h6,10H,3-5,7H2,1-2H3,(H,14,16)(H,17,18). The third kappa shape index (κ3) is 2.78. The summed E-state index contributed by atoms with van der Waals surface area (Å²) in [6.45, 7) is 5.47. The van der Waals surface area contributed by atoms with Crippen LogP contribution in [0, 0.1) is 6.92 Å². The van der Waals surface area contributed by atoms with E-state index in [1.807, 2.05) is 11.8 Å². The van der Waals surface area contributed by atoms with E-state index in [0.717, 1.165) is 13.0 Å². The lowest BCUT2D eigenvalue weighted by atomic mass is 10.1. The molecule has 0 radical (unpaired) electrons. The first kappa shape index (κ1) is 13.6. The Bertz CT molecular complexity index is 495. The van der Waals surface area contributed by atoms with Gasteiger partial charge in [-0.25, -0.2) is 4.79 Å². The number of furan rings is 1. The fourth-order valence-corrected chi connectivity index (χ4v) is 2.43. The summed E-state index contributed by atoms with van der Waals surface area (Å²) in [4.78, 5) is 24.7. The molecule has 1 atom stereocenters. The minimum absolute atomic E-state index is 0.0236. The van der Waals surface area contributed by atoms with Crippen LogP contribution in [0.5, 0.6) is 0 Å².